The lowest BCUT2D eigenvalue weighted by atomic mass is 9.74. The van der Waals surface area contributed by atoms with Crippen LogP contribution in [0.5, 0.6) is 0 Å². The lowest BCUT2D eigenvalue weighted by Gasteiger charge is -2.39. The van der Waals surface area contributed by atoms with Crippen LogP contribution in [-0.4, -0.2) is 69.1 Å². The maximum absolute atomic E-state index is 14.6. The molecule has 1 N–H and O–H groups in total. The van der Waals surface area contributed by atoms with Crippen molar-refractivity contribution >= 4 is 46.0 Å². The molecule has 1 unspecified atom stereocenters. The summed E-state index contributed by atoms with van der Waals surface area (Å²) in [6.45, 7) is 4.13. The number of anilines is 1. The Kier molecular flexibility index (Phi) is 6.58. The Balaban J connectivity index is 1.48. The third-order valence-electron chi connectivity index (χ3n) is 8.72. The van der Waals surface area contributed by atoms with E-state index in [2.05, 4.69) is 12.2 Å². The predicted octanol–water partition coefficient (Wildman–Crippen LogP) is 4.09. The number of fused-ring (bicyclic) bond motifs is 3. The summed E-state index contributed by atoms with van der Waals surface area (Å²) in [5, 5.41) is 12.3. The molecule has 0 bridgehead atoms. The number of ether oxygens (including phenoxy) is 1. The third-order valence-corrected chi connectivity index (χ3v) is 10.5. The fraction of sp³-hybridized carbons (Fsp3) is 0.452. The number of allylic oxidation sites excluding steroid dienone is 1. The standard InChI is InChI=1S/C31H34N2O5S/c1-20(19-34)33-26-28(36)32(23-13-12-21-10-5-6-11-22(21)18-23)16-9-15-31(26)24(27(33)35)25-29(37)38-17-8-4-3-7-14-30(25,2)39-31/h5-7,9-15,18,20,24-26,34H,3-4,8,16-17,19H2,1-2H3/b14-7-/t20-,24+,25-,26?,30+,31+/m1/s1. The SMILES string of the molecule is C[C@H](CO)N1C(=O)[C@@H]2[C@@H]3C(=O)OCCCC/C=C\[C@]3(C)S[C@@]23C=CCN(c2ccc4ccccc4c2)C(=O)C13. The second-order valence-electron chi connectivity index (χ2n) is 11.2. The molecule has 0 radical (unpaired) electrons. The third kappa shape index (κ3) is 4.02. The van der Waals surface area contributed by atoms with Crippen molar-refractivity contribution in [2.75, 3.05) is 24.7 Å². The van der Waals surface area contributed by atoms with E-state index in [4.69, 9.17) is 4.74 Å². The van der Waals surface area contributed by atoms with Crippen LogP contribution in [0.3, 0.4) is 0 Å². The number of nitrogens with zero attached hydrogens (tertiary/aromatic N) is 2. The lowest BCUT2D eigenvalue weighted by molar-refractivity contribution is -0.154. The van der Waals surface area contributed by atoms with Crippen LogP contribution < -0.4 is 4.90 Å². The predicted molar refractivity (Wildman–Crippen MR) is 152 cm³/mol. The zero-order valence-corrected chi connectivity index (χ0v) is 23.1. The van der Waals surface area contributed by atoms with Crippen LogP contribution in [0, 0.1) is 11.8 Å². The van der Waals surface area contributed by atoms with Crippen molar-refractivity contribution in [3.05, 3.63) is 66.8 Å². The first-order valence-corrected chi connectivity index (χ1v) is 14.6. The number of carbonyl (C=O) groups is 3. The second kappa shape index (κ2) is 9.82. The van der Waals surface area contributed by atoms with E-state index in [0.29, 0.717) is 13.2 Å². The Morgan fingerprint density at radius 1 is 1.03 bits per heavy atom. The van der Waals surface area contributed by atoms with E-state index in [9.17, 15) is 19.5 Å². The van der Waals surface area contributed by atoms with E-state index >= 15 is 0 Å². The molecule has 4 heterocycles. The second-order valence-corrected chi connectivity index (χ2v) is 13.0. The smallest absolute Gasteiger partial charge is 0.311 e. The molecular formula is C31H34N2O5S. The summed E-state index contributed by atoms with van der Waals surface area (Å²) in [7, 11) is 0. The largest absolute Gasteiger partial charge is 0.465 e. The van der Waals surface area contributed by atoms with Gasteiger partial charge in [-0.2, -0.15) is 0 Å². The molecule has 204 valence electrons. The number of aliphatic hydroxyl groups excluding tert-OH is 1. The number of thioether (sulfide) groups is 1. The summed E-state index contributed by atoms with van der Waals surface area (Å²) in [4.78, 5) is 45.7. The maximum atomic E-state index is 14.6. The average Bonchev–Trinajstić information content (AvgIpc) is 3.27. The van der Waals surface area contributed by atoms with E-state index in [1.807, 2.05) is 61.5 Å². The Hall–Kier alpha value is -3.10. The van der Waals surface area contributed by atoms with Crippen LogP contribution >= 0.6 is 11.8 Å². The summed E-state index contributed by atoms with van der Waals surface area (Å²) in [6.07, 6.45) is 10.7. The number of rotatable bonds is 3. The number of amides is 2. The van der Waals surface area contributed by atoms with Crippen molar-refractivity contribution in [1.82, 2.24) is 4.90 Å². The van der Waals surface area contributed by atoms with Crippen LogP contribution in [-0.2, 0) is 19.1 Å². The molecule has 0 aromatic heterocycles. The number of carbonyl (C=O) groups excluding carboxylic acids is 3. The van der Waals surface area contributed by atoms with Crippen LogP contribution in [0.1, 0.15) is 33.1 Å². The highest BCUT2D eigenvalue weighted by molar-refractivity contribution is 8.02. The van der Waals surface area contributed by atoms with Gasteiger partial charge in [0.2, 0.25) is 5.91 Å². The molecule has 4 aliphatic rings. The van der Waals surface area contributed by atoms with Crippen LogP contribution in [0.4, 0.5) is 5.69 Å². The summed E-state index contributed by atoms with van der Waals surface area (Å²) < 4.78 is 4.03. The van der Waals surface area contributed by atoms with Crippen LogP contribution in [0.15, 0.2) is 66.8 Å². The van der Waals surface area contributed by atoms with Gasteiger partial charge in [-0.25, -0.2) is 0 Å². The van der Waals surface area contributed by atoms with E-state index in [-0.39, 0.29) is 24.4 Å². The first kappa shape index (κ1) is 26.1. The minimum Gasteiger partial charge on any atom is -0.465 e. The van der Waals surface area contributed by atoms with E-state index < -0.39 is 33.4 Å². The number of hydrogen-bond donors (Lipinski definition) is 1. The van der Waals surface area contributed by atoms with E-state index in [0.717, 1.165) is 35.7 Å². The molecule has 0 aliphatic carbocycles. The first-order chi connectivity index (χ1) is 18.8. The highest BCUT2D eigenvalue weighted by Gasteiger charge is 2.74. The van der Waals surface area contributed by atoms with Gasteiger partial charge in [-0.1, -0.05) is 54.6 Å². The molecule has 6 atom stereocenters. The fourth-order valence-electron chi connectivity index (χ4n) is 6.88. The van der Waals surface area contributed by atoms with Crippen LogP contribution in [0.25, 0.3) is 10.8 Å². The van der Waals surface area contributed by atoms with Gasteiger partial charge in [0.1, 0.15) is 6.04 Å². The van der Waals surface area contributed by atoms with Gasteiger partial charge in [0.15, 0.2) is 0 Å². The van der Waals surface area contributed by atoms with Gasteiger partial charge in [-0.15, -0.1) is 11.8 Å². The number of esters is 1. The van der Waals surface area contributed by atoms with E-state index in [1.54, 1.807) is 16.7 Å². The van der Waals surface area contributed by atoms with Crippen molar-refractivity contribution < 1.29 is 24.2 Å². The Labute approximate surface area is 232 Å². The monoisotopic (exact) mass is 546 g/mol. The zero-order chi connectivity index (χ0) is 27.4. The molecule has 2 aromatic carbocycles. The molecule has 2 saturated heterocycles. The summed E-state index contributed by atoms with van der Waals surface area (Å²) in [5.41, 5.74) is 0.750. The van der Waals surface area contributed by atoms with Gasteiger partial charge in [0, 0.05) is 17.0 Å². The molecule has 2 fully saturated rings. The highest BCUT2D eigenvalue weighted by Crippen LogP contribution is 2.65. The van der Waals surface area contributed by atoms with Crippen molar-refractivity contribution in [1.29, 1.82) is 0 Å². The van der Waals surface area contributed by atoms with Gasteiger partial charge < -0.3 is 19.6 Å². The molecule has 1 spiro atoms. The van der Waals surface area contributed by atoms with Crippen molar-refractivity contribution in [2.45, 2.75) is 54.7 Å². The zero-order valence-electron chi connectivity index (χ0n) is 22.3. The van der Waals surface area contributed by atoms with Gasteiger partial charge in [0.05, 0.1) is 35.8 Å². The summed E-state index contributed by atoms with van der Waals surface area (Å²) in [6, 6.07) is 12.5. The molecule has 4 aliphatic heterocycles. The number of hydrogen-bond acceptors (Lipinski definition) is 6. The minimum absolute atomic E-state index is 0.205. The van der Waals surface area contributed by atoms with Crippen molar-refractivity contribution in [2.24, 2.45) is 11.8 Å². The molecule has 6 rings (SSSR count). The number of aliphatic hydroxyl groups is 1. The summed E-state index contributed by atoms with van der Waals surface area (Å²) >= 11 is 1.53. The lowest BCUT2D eigenvalue weighted by Crippen LogP contribution is -2.56. The van der Waals surface area contributed by atoms with Gasteiger partial charge in [-0.05, 0) is 56.0 Å². The normalized spacial score (nSPS) is 34.2. The van der Waals surface area contributed by atoms with Gasteiger partial charge >= 0.3 is 5.97 Å². The Morgan fingerprint density at radius 2 is 1.82 bits per heavy atom. The van der Waals surface area contributed by atoms with Gasteiger partial charge in [-0.3, -0.25) is 14.4 Å². The average molecular weight is 547 g/mol. The molecular weight excluding hydrogens is 512 g/mol. The minimum atomic E-state index is -0.972. The quantitative estimate of drug-likeness (QED) is 0.461. The molecule has 7 nitrogen and oxygen atoms in total. The topological polar surface area (TPSA) is 87.2 Å². The molecule has 39 heavy (non-hydrogen) atoms. The van der Waals surface area contributed by atoms with Crippen LogP contribution in [0.2, 0.25) is 0 Å². The Bertz CT molecular complexity index is 1390. The molecule has 2 aromatic rings. The number of likely N-dealkylation sites (tertiary alicyclic amines) is 1. The molecule has 8 heteroatoms. The summed E-state index contributed by atoms with van der Waals surface area (Å²) in [5.74, 6) is -2.39. The van der Waals surface area contributed by atoms with E-state index in [1.165, 1.54) is 11.8 Å². The fourth-order valence-corrected chi connectivity index (χ4v) is 9.01. The molecule has 2 amide bonds. The number of benzene rings is 2. The first-order valence-electron chi connectivity index (χ1n) is 13.8. The van der Waals surface area contributed by atoms with Crippen molar-refractivity contribution in [3.63, 3.8) is 0 Å². The maximum Gasteiger partial charge on any atom is 0.311 e. The van der Waals surface area contributed by atoms with Gasteiger partial charge in [0.25, 0.3) is 5.91 Å². The molecule has 0 saturated carbocycles. The Morgan fingerprint density at radius 3 is 2.62 bits per heavy atom. The highest BCUT2D eigenvalue weighted by atomic mass is 32.2. The van der Waals surface area contributed by atoms with Crippen molar-refractivity contribution in [3.8, 4) is 0 Å². The number of cyclic esters (lactones) is 1.